The maximum absolute atomic E-state index is 11.1. The standard InChI is InChI=1S/C17H20N2O2/c18-11-16(5-6-16)12-1-3-13(4-2-12)17(20)7-14-9-21-10-15(8-17)19-14/h1-4,14-15,19-20H,5-10H2. The van der Waals surface area contributed by atoms with Gasteiger partial charge in [0.1, 0.15) is 0 Å². The number of nitriles is 1. The molecule has 2 aliphatic heterocycles. The van der Waals surface area contributed by atoms with Gasteiger partial charge in [-0.2, -0.15) is 5.26 Å². The maximum Gasteiger partial charge on any atom is 0.0927 e. The van der Waals surface area contributed by atoms with Crippen LogP contribution in [-0.4, -0.2) is 30.4 Å². The number of nitrogens with zero attached hydrogens (tertiary/aromatic N) is 1. The Balaban J connectivity index is 1.60. The van der Waals surface area contributed by atoms with Crippen LogP contribution in [0.5, 0.6) is 0 Å². The second-order valence-corrected chi connectivity index (χ2v) is 6.81. The van der Waals surface area contributed by atoms with Crippen LogP contribution in [0.15, 0.2) is 24.3 Å². The highest BCUT2D eigenvalue weighted by Crippen LogP contribution is 2.48. The summed E-state index contributed by atoms with van der Waals surface area (Å²) >= 11 is 0. The van der Waals surface area contributed by atoms with Gasteiger partial charge in [0, 0.05) is 12.1 Å². The number of hydrogen-bond acceptors (Lipinski definition) is 4. The van der Waals surface area contributed by atoms with E-state index >= 15 is 0 Å². The first kappa shape index (κ1) is 13.3. The van der Waals surface area contributed by atoms with Gasteiger partial charge in [-0.1, -0.05) is 24.3 Å². The fourth-order valence-corrected chi connectivity index (χ4v) is 3.84. The number of rotatable bonds is 2. The molecule has 4 rings (SSSR count). The molecule has 0 radical (unpaired) electrons. The molecule has 2 bridgehead atoms. The molecule has 1 aromatic rings. The molecule has 110 valence electrons. The van der Waals surface area contributed by atoms with E-state index in [1.54, 1.807) is 0 Å². The molecule has 0 spiro atoms. The van der Waals surface area contributed by atoms with Crippen molar-refractivity contribution in [1.82, 2.24) is 5.32 Å². The van der Waals surface area contributed by atoms with E-state index in [0.29, 0.717) is 26.1 Å². The molecule has 0 amide bonds. The minimum atomic E-state index is -0.772. The minimum Gasteiger partial charge on any atom is -0.385 e. The zero-order chi connectivity index (χ0) is 14.5. The summed E-state index contributed by atoms with van der Waals surface area (Å²) in [6, 6.07) is 11.0. The molecule has 2 saturated heterocycles. The molecule has 21 heavy (non-hydrogen) atoms. The second kappa shape index (κ2) is 4.54. The highest BCUT2D eigenvalue weighted by atomic mass is 16.5. The monoisotopic (exact) mass is 284 g/mol. The smallest absolute Gasteiger partial charge is 0.0927 e. The van der Waals surface area contributed by atoms with Crippen molar-refractivity contribution in [2.24, 2.45) is 0 Å². The third kappa shape index (κ3) is 2.17. The normalized spacial score (nSPS) is 36.8. The lowest BCUT2D eigenvalue weighted by Crippen LogP contribution is -2.58. The number of aliphatic hydroxyl groups is 1. The SMILES string of the molecule is N#CC1(c2ccc(C3(O)CC4COCC(C3)N4)cc2)CC1. The molecule has 3 fully saturated rings. The number of fused-ring (bicyclic) bond motifs is 2. The van der Waals surface area contributed by atoms with E-state index in [4.69, 9.17) is 4.74 Å². The fraction of sp³-hybridized carbons (Fsp3) is 0.588. The first-order valence-corrected chi connectivity index (χ1v) is 7.72. The van der Waals surface area contributed by atoms with Gasteiger partial charge in [-0.05, 0) is 36.8 Å². The molecule has 3 aliphatic rings. The third-order valence-electron chi connectivity index (χ3n) is 5.22. The van der Waals surface area contributed by atoms with Crippen LogP contribution < -0.4 is 5.32 Å². The quantitative estimate of drug-likeness (QED) is 0.865. The van der Waals surface area contributed by atoms with Crippen molar-refractivity contribution in [3.63, 3.8) is 0 Å². The Bertz CT molecular complexity index is 574. The Labute approximate surface area is 124 Å². The predicted octanol–water partition coefficient (Wildman–Crippen LogP) is 1.58. The van der Waals surface area contributed by atoms with Gasteiger partial charge in [0.2, 0.25) is 0 Å². The molecule has 0 aromatic heterocycles. The Morgan fingerprint density at radius 2 is 1.67 bits per heavy atom. The summed E-state index contributed by atoms with van der Waals surface area (Å²) in [5, 5.41) is 23.8. The highest BCUT2D eigenvalue weighted by molar-refractivity contribution is 5.41. The first-order valence-electron chi connectivity index (χ1n) is 7.72. The topological polar surface area (TPSA) is 65.3 Å². The van der Waals surface area contributed by atoms with E-state index in [9.17, 15) is 10.4 Å². The second-order valence-electron chi connectivity index (χ2n) is 6.81. The Morgan fingerprint density at radius 3 is 2.19 bits per heavy atom. The van der Waals surface area contributed by atoms with E-state index in [0.717, 1.165) is 24.0 Å². The zero-order valence-corrected chi connectivity index (χ0v) is 12.0. The molecule has 4 nitrogen and oxygen atoms in total. The van der Waals surface area contributed by atoms with Crippen molar-refractivity contribution < 1.29 is 9.84 Å². The van der Waals surface area contributed by atoms with Crippen LogP contribution in [0, 0.1) is 11.3 Å². The van der Waals surface area contributed by atoms with Gasteiger partial charge in [-0.25, -0.2) is 0 Å². The van der Waals surface area contributed by atoms with Gasteiger partial charge in [0.15, 0.2) is 0 Å². The Kier molecular flexibility index (Phi) is 2.87. The summed E-state index contributed by atoms with van der Waals surface area (Å²) in [5.41, 5.74) is 1.04. The van der Waals surface area contributed by atoms with Crippen molar-refractivity contribution in [2.45, 2.75) is 48.8 Å². The molecule has 4 heteroatoms. The predicted molar refractivity (Wildman–Crippen MR) is 77.6 cm³/mol. The average Bonchev–Trinajstić information content (AvgIpc) is 3.28. The molecule has 1 aromatic carbocycles. The average molecular weight is 284 g/mol. The number of ether oxygens (including phenoxy) is 1. The lowest BCUT2D eigenvalue weighted by atomic mass is 9.77. The summed E-state index contributed by atoms with van der Waals surface area (Å²) in [4.78, 5) is 0. The van der Waals surface area contributed by atoms with Gasteiger partial charge in [0.05, 0.1) is 30.3 Å². The summed E-state index contributed by atoms with van der Waals surface area (Å²) < 4.78 is 5.54. The lowest BCUT2D eigenvalue weighted by molar-refractivity contribution is -0.0802. The number of morpholine rings is 1. The van der Waals surface area contributed by atoms with Crippen molar-refractivity contribution >= 4 is 0 Å². The lowest BCUT2D eigenvalue weighted by Gasteiger charge is -2.45. The molecular weight excluding hydrogens is 264 g/mol. The van der Waals surface area contributed by atoms with E-state index in [-0.39, 0.29) is 17.5 Å². The molecule has 1 saturated carbocycles. The van der Waals surface area contributed by atoms with E-state index in [1.165, 1.54) is 0 Å². The summed E-state index contributed by atoms with van der Waals surface area (Å²) in [5.74, 6) is 0. The summed E-state index contributed by atoms with van der Waals surface area (Å²) in [7, 11) is 0. The molecule has 2 heterocycles. The highest BCUT2D eigenvalue weighted by Gasteiger charge is 2.46. The Hall–Kier alpha value is -1.41. The van der Waals surface area contributed by atoms with Crippen LogP contribution in [0.2, 0.25) is 0 Å². The number of nitrogens with one attached hydrogen (secondary N) is 1. The van der Waals surface area contributed by atoms with E-state index < -0.39 is 5.60 Å². The molecule has 1 aliphatic carbocycles. The van der Waals surface area contributed by atoms with Crippen molar-refractivity contribution in [2.75, 3.05) is 13.2 Å². The summed E-state index contributed by atoms with van der Waals surface area (Å²) in [6.45, 7) is 1.35. The number of hydrogen-bond donors (Lipinski definition) is 2. The van der Waals surface area contributed by atoms with Crippen LogP contribution in [-0.2, 0) is 15.8 Å². The third-order valence-corrected chi connectivity index (χ3v) is 5.22. The van der Waals surface area contributed by atoms with Crippen LogP contribution in [0.3, 0.4) is 0 Å². The molecule has 2 N–H and O–H groups in total. The number of benzene rings is 1. The van der Waals surface area contributed by atoms with Gasteiger partial charge >= 0.3 is 0 Å². The van der Waals surface area contributed by atoms with Gasteiger partial charge in [0.25, 0.3) is 0 Å². The Morgan fingerprint density at radius 1 is 1.10 bits per heavy atom. The minimum absolute atomic E-state index is 0.232. The van der Waals surface area contributed by atoms with Gasteiger partial charge in [-0.15, -0.1) is 0 Å². The van der Waals surface area contributed by atoms with Crippen molar-refractivity contribution in [3.8, 4) is 6.07 Å². The zero-order valence-electron chi connectivity index (χ0n) is 12.0. The summed E-state index contributed by atoms with van der Waals surface area (Å²) in [6.07, 6.45) is 3.29. The van der Waals surface area contributed by atoms with Gasteiger partial charge in [-0.3, -0.25) is 0 Å². The van der Waals surface area contributed by atoms with Gasteiger partial charge < -0.3 is 15.2 Å². The van der Waals surface area contributed by atoms with Crippen molar-refractivity contribution in [3.05, 3.63) is 35.4 Å². The fourth-order valence-electron chi connectivity index (χ4n) is 3.84. The molecular formula is C17H20N2O2. The van der Waals surface area contributed by atoms with Crippen LogP contribution >= 0.6 is 0 Å². The van der Waals surface area contributed by atoms with Crippen LogP contribution in [0.1, 0.15) is 36.8 Å². The molecule has 2 atom stereocenters. The van der Waals surface area contributed by atoms with E-state index in [1.807, 2.05) is 24.3 Å². The number of piperidine rings is 1. The van der Waals surface area contributed by atoms with Crippen LogP contribution in [0.25, 0.3) is 0 Å². The maximum atomic E-state index is 11.1. The van der Waals surface area contributed by atoms with Crippen LogP contribution in [0.4, 0.5) is 0 Å². The van der Waals surface area contributed by atoms with Crippen molar-refractivity contribution in [1.29, 1.82) is 5.26 Å². The first-order chi connectivity index (χ1) is 10.1. The largest absolute Gasteiger partial charge is 0.385 e. The molecule has 2 unspecified atom stereocenters. The van der Waals surface area contributed by atoms with E-state index in [2.05, 4.69) is 11.4 Å².